The van der Waals surface area contributed by atoms with Gasteiger partial charge in [-0.3, -0.25) is 10.1 Å². The van der Waals surface area contributed by atoms with E-state index in [0.717, 1.165) is 6.39 Å². The maximum Gasteiger partial charge on any atom is 0.321 e. The Morgan fingerprint density at radius 1 is 1.50 bits per heavy atom. The van der Waals surface area contributed by atoms with E-state index in [1.165, 1.54) is 6.07 Å². The number of nitrogens with zero attached hydrogens (tertiary/aromatic N) is 2. The molecule has 5 nitrogen and oxygen atoms in total. The minimum atomic E-state index is -0.638. The molecule has 2 aromatic rings. The molecule has 0 aliphatic rings. The number of halogens is 1. The fourth-order valence-corrected chi connectivity index (χ4v) is 1.50. The molecule has 0 aliphatic heterocycles. The van der Waals surface area contributed by atoms with Crippen LogP contribution in [0, 0.1) is 25.7 Å². The molecule has 91 valence electrons. The second kappa shape index (κ2) is 6.15. The van der Waals surface area contributed by atoms with E-state index in [1.807, 2.05) is 0 Å². The van der Waals surface area contributed by atoms with Crippen molar-refractivity contribution < 1.29 is 46.3 Å². The second-order valence-corrected chi connectivity index (χ2v) is 3.50. The van der Waals surface area contributed by atoms with Crippen LogP contribution in [-0.4, -0.2) is 16.1 Å². The van der Waals surface area contributed by atoms with Crippen molar-refractivity contribution in [1.29, 1.82) is 0 Å². The van der Waals surface area contributed by atoms with Gasteiger partial charge in [0.2, 0.25) is 12.3 Å². The van der Waals surface area contributed by atoms with Crippen LogP contribution < -0.4 is 5.32 Å². The van der Waals surface area contributed by atoms with Crippen LogP contribution in [0.1, 0.15) is 21.5 Å². The van der Waals surface area contributed by atoms with Gasteiger partial charge in [-0.05, 0) is 5.56 Å². The summed E-state index contributed by atoms with van der Waals surface area (Å²) in [5.41, 5.74) is 0.989. The van der Waals surface area contributed by atoms with Crippen LogP contribution in [0.25, 0.3) is 0 Å². The first-order valence-electron chi connectivity index (χ1n) is 4.84. The maximum atomic E-state index is 13.6. The molecular formula is C11H9FN3O2Y-. The Balaban J connectivity index is 0.00000162. The molecule has 1 heterocycles. The molecule has 0 spiro atoms. The van der Waals surface area contributed by atoms with Crippen molar-refractivity contribution >= 4 is 11.9 Å². The topological polar surface area (TPSA) is 68.0 Å². The number of benzene rings is 1. The van der Waals surface area contributed by atoms with Crippen LogP contribution in [0.15, 0.2) is 16.9 Å². The van der Waals surface area contributed by atoms with E-state index in [4.69, 9.17) is 4.42 Å². The number of amides is 1. The average Bonchev–Trinajstić information content (AvgIpc) is 2.68. The van der Waals surface area contributed by atoms with Crippen LogP contribution in [-0.2, 0) is 32.7 Å². The van der Waals surface area contributed by atoms with E-state index >= 15 is 0 Å². The Morgan fingerprint density at radius 3 is 2.78 bits per heavy atom. The van der Waals surface area contributed by atoms with Crippen molar-refractivity contribution in [3.63, 3.8) is 0 Å². The van der Waals surface area contributed by atoms with Gasteiger partial charge in [0.05, 0.1) is 0 Å². The van der Waals surface area contributed by atoms with Crippen LogP contribution >= 0.6 is 0 Å². The molecule has 0 saturated heterocycles. The number of carbonyl (C=O) groups excluding carboxylic acids is 1. The predicted molar refractivity (Wildman–Crippen MR) is 57.0 cm³/mol. The molecule has 2 rings (SSSR count). The zero-order valence-corrected chi connectivity index (χ0v) is 12.7. The number of anilines is 1. The molecule has 1 radical (unpaired) electrons. The normalized spacial score (nSPS) is 9.72. The summed E-state index contributed by atoms with van der Waals surface area (Å²) in [6.07, 6.45) is 1.07. The van der Waals surface area contributed by atoms with Crippen LogP contribution in [0.3, 0.4) is 0 Å². The van der Waals surface area contributed by atoms with E-state index in [0.29, 0.717) is 11.1 Å². The SMILES string of the molecule is Cc1[c-]c(C)c(C(=O)Nc2nnco2)c(F)c1.[Y]. The third-order valence-electron chi connectivity index (χ3n) is 2.15. The van der Waals surface area contributed by atoms with Gasteiger partial charge in [-0.2, -0.15) is 11.6 Å². The summed E-state index contributed by atoms with van der Waals surface area (Å²) < 4.78 is 18.4. The Labute approximate surface area is 128 Å². The monoisotopic (exact) mass is 323 g/mol. The fraction of sp³-hybridized carbons (Fsp3) is 0.182. The molecular weight excluding hydrogens is 314 g/mol. The second-order valence-electron chi connectivity index (χ2n) is 3.50. The molecule has 1 aromatic heterocycles. The summed E-state index contributed by atoms with van der Waals surface area (Å²) in [4.78, 5) is 11.8. The van der Waals surface area contributed by atoms with Crippen molar-refractivity contribution in [2.45, 2.75) is 13.8 Å². The van der Waals surface area contributed by atoms with Crippen molar-refractivity contribution in [3.05, 3.63) is 41.0 Å². The van der Waals surface area contributed by atoms with Gasteiger partial charge < -0.3 is 4.42 Å². The Hall–Kier alpha value is -1.14. The first kappa shape index (κ1) is 14.9. The number of rotatable bonds is 2. The summed E-state index contributed by atoms with van der Waals surface area (Å²) in [6.45, 7) is 3.31. The average molecular weight is 323 g/mol. The van der Waals surface area contributed by atoms with Crippen LogP contribution in [0.5, 0.6) is 0 Å². The van der Waals surface area contributed by atoms with E-state index < -0.39 is 11.7 Å². The molecule has 0 bridgehead atoms. The summed E-state index contributed by atoms with van der Waals surface area (Å²) in [6, 6.07) is 4.04. The minimum absolute atomic E-state index is 0. The molecule has 1 N–H and O–H groups in total. The Kier molecular flexibility index (Phi) is 5.10. The van der Waals surface area contributed by atoms with Gasteiger partial charge in [0, 0.05) is 38.5 Å². The summed E-state index contributed by atoms with van der Waals surface area (Å²) in [7, 11) is 0. The molecule has 1 amide bonds. The van der Waals surface area contributed by atoms with E-state index in [1.54, 1.807) is 13.8 Å². The van der Waals surface area contributed by atoms with Gasteiger partial charge in [-0.15, -0.1) is 16.7 Å². The van der Waals surface area contributed by atoms with Gasteiger partial charge in [0.15, 0.2) is 0 Å². The number of nitrogens with one attached hydrogen (secondary N) is 1. The first-order valence-corrected chi connectivity index (χ1v) is 4.84. The number of carbonyl (C=O) groups is 1. The third-order valence-corrected chi connectivity index (χ3v) is 2.15. The summed E-state index contributed by atoms with van der Waals surface area (Å²) >= 11 is 0. The number of hydrogen-bond donors (Lipinski definition) is 1. The number of aryl methyl sites for hydroxylation is 2. The van der Waals surface area contributed by atoms with E-state index in [9.17, 15) is 9.18 Å². The number of aromatic nitrogens is 2. The third kappa shape index (κ3) is 3.20. The molecule has 0 saturated carbocycles. The van der Waals surface area contributed by atoms with Gasteiger partial charge >= 0.3 is 6.01 Å². The van der Waals surface area contributed by atoms with E-state index in [-0.39, 0.29) is 44.3 Å². The first-order chi connectivity index (χ1) is 8.08. The van der Waals surface area contributed by atoms with Gasteiger partial charge in [0.1, 0.15) is 0 Å². The molecule has 0 atom stereocenters. The Morgan fingerprint density at radius 2 is 2.22 bits per heavy atom. The van der Waals surface area contributed by atoms with Crippen molar-refractivity contribution in [2.24, 2.45) is 0 Å². The summed E-state index contributed by atoms with van der Waals surface area (Å²) in [5.74, 6) is -1.24. The van der Waals surface area contributed by atoms with E-state index in [2.05, 4.69) is 21.6 Å². The quantitative estimate of drug-likeness (QED) is 0.857. The van der Waals surface area contributed by atoms with Crippen LogP contribution in [0.2, 0.25) is 0 Å². The predicted octanol–water partition coefficient (Wildman–Crippen LogP) is 1.88. The zero-order valence-electron chi connectivity index (χ0n) is 9.82. The maximum absolute atomic E-state index is 13.6. The smallest absolute Gasteiger partial charge is 0.321 e. The van der Waals surface area contributed by atoms with Gasteiger partial charge in [0.25, 0.3) is 0 Å². The standard InChI is InChI=1S/C11H9FN3O2.Y/c1-6-3-7(2)9(8(12)4-6)10(16)14-11-15-13-5-17-11;/h4-5H,1-2H3,(H,14,15,16);/q-1;. The van der Waals surface area contributed by atoms with Crippen molar-refractivity contribution in [2.75, 3.05) is 5.32 Å². The van der Waals surface area contributed by atoms with Crippen molar-refractivity contribution in [3.8, 4) is 0 Å². The minimum Gasteiger partial charge on any atom is -0.411 e. The van der Waals surface area contributed by atoms with Gasteiger partial charge in [-0.1, -0.05) is 18.9 Å². The molecule has 0 fully saturated rings. The summed E-state index contributed by atoms with van der Waals surface area (Å²) in [5, 5.41) is 9.17. The largest absolute Gasteiger partial charge is 0.411 e. The molecule has 0 aliphatic carbocycles. The zero-order chi connectivity index (χ0) is 12.4. The molecule has 7 heteroatoms. The fourth-order valence-electron chi connectivity index (χ4n) is 1.50. The van der Waals surface area contributed by atoms with Crippen LogP contribution in [0.4, 0.5) is 10.4 Å². The molecule has 0 unspecified atom stereocenters. The Bertz CT molecular complexity index is 534. The molecule has 1 aromatic carbocycles. The van der Waals surface area contributed by atoms with Gasteiger partial charge in [-0.25, -0.2) is 4.39 Å². The molecule has 18 heavy (non-hydrogen) atoms. The number of hydrogen-bond acceptors (Lipinski definition) is 4. The van der Waals surface area contributed by atoms with Crippen molar-refractivity contribution in [1.82, 2.24) is 10.2 Å².